The number of benzene rings is 2. The average Bonchev–Trinajstić information content (AvgIpc) is 3.32. The maximum Gasteiger partial charge on any atom is 0.266 e. The van der Waals surface area contributed by atoms with Crippen molar-refractivity contribution in [2.45, 2.75) is 6.42 Å². The molecule has 0 N–H and O–H groups in total. The van der Waals surface area contributed by atoms with E-state index in [2.05, 4.69) is 15.9 Å². The van der Waals surface area contributed by atoms with E-state index < -0.39 is 0 Å². The highest BCUT2D eigenvalue weighted by atomic mass is 79.9. The van der Waals surface area contributed by atoms with Crippen molar-refractivity contribution in [2.75, 3.05) is 13.7 Å². The van der Waals surface area contributed by atoms with Crippen LogP contribution < -0.4 is 4.74 Å². The monoisotopic (exact) mass is 499 g/mol. The molecule has 1 aliphatic rings. The molecule has 1 saturated heterocycles. The number of nitrogens with zero attached hydrogens (tertiary/aromatic N) is 1. The average molecular weight is 500 g/mol. The smallest absolute Gasteiger partial charge is 0.266 e. The van der Waals surface area contributed by atoms with E-state index in [1.165, 1.54) is 11.8 Å². The van der Waals surface area contributed by atoms with Gasteiger partial charge in [0, 0.05) is 22.7 Å². The summed E-state index contributed by atoms with van der Waals surface area (Å²) < 4.78 is 12.7. The van der Waals surface area contributed by atoms with Gasteiger partial charge in [0.1, 0.15) is 21.6 Å². The molecular weight excluding hydrogens is 482 g/mol. The number of halogens is 1. The Morgan fingerprint density at radius 1 is 1.10 bits per heavy atom. The molecule has 4 rings (SSSR count). The van der Waals surface area contributed by atoms with Crippen LogP contribution in [-0.2, 0) is 11.2 Å². The van der Waals surface area contributed by atoms with Crippen LogP contribution in [-0.4, -0.2) is 28.8 Å². The first kappa shape index (κ1) is 20.9. The fourth-order valence-electron chi connectivity index (χ4n) is 3.05. The third kappa shape index (κ3) is 4.69. The van der Waals surface area contributed by atoms with Gasteiger partial charge in [-0.1, -0.05) is 64.2 Å². The van der Waals surface area contributed by atoms with E-state index in [1.54, 1.807) is 18.1 Å². The summed E-state index contributed by atoms with van der Waals surface area (Å²) in [5.41, 5.74) is 2.10. The summed E-state index contributed by atoms with van der Waals surface area (Å²) in [6.07, 6.45) is 2.48. The molecule has 7 heteroatoms. The first-order valence-electron chi connectivity index (χ1n) is 9.27. The highest BCUT2D eigenvalue weighted by Gasteiger charge is 2.31. The summed E-state index contributed by atoms with van der Waals surface area (Å²) in [7, 11) is 1.64. The molecule has 0 atom stereocenters. The molecular formula is C23H18BrNO3S2. The van der Waals surface area contributed by atoms with E-state index in [0.29, 0.717) is 21.5 Å². The Bertz CT molecular complexity index is 1100. The minimum absolute atomic E-state index is 0.0832. The predicted octanol–water partition coefficient (Wildman–Crippen LogP) is 6.16. The van der Waals surface area contributed by atoms with Crippen molar-refractivity contribution in [2.24, 2.45) is 0 Å². The molecule has 1 aromatic heterocycles. The van der Waals surface area contributed by atoms with Crippen molar-refractivity contribution in [3.05, 3.63) is 81.4 Å². The number of carbonyl (C=O) groups excluding carboxylic acids is 1. The summed E-state index contributed by atoms with van der Waals surface area (Å²) in [6, 6.07) is 19.5. The van der Waals surface area contributed by atoms with Gasteiger partial charge >= 0.3 is 0 Å². The Morgan fingerprint density at radius 2 is 1.83 bits per heavy atom. The molecule has 1 fully saturated rings. The van der Waals surface area contributed by atoms with Crippen LogP contribution in [0.1, 0.15) is 11.3 Å². The van der Waals surface area contributed by atoms with E-state index in [0.717, 1.165) is 33.5 Å². The van der Waals surface area contributed by atoms with Gasteiger partial charge in [-0.05, 0) is 48.4 Å². The zero-order valence-corrected chi connectivity index (χ0v) is 19.4. The molecule has 1 aliphatic heterocycles. The molecule has 0 bridgehead atoms. The number of hydrogen-bond donors (Lipinski definition) is 0. The third-order valence-corrected chi connectivity index (χ3v) is 6.59. The molecule has 0 aliphatic carbocycles. The normalized spacial score (nSPS) is 15.3. The number of ether oxygens (including phenoxy) is 1. The van der Waals surface area contributed by atoms with Crippen molar-refractivity contribution >= 4 is 56.2 Å². The summed E-state index contributed by atoms with van der Waals surface area (Å²) in [6.45, 7) is 0.538. The zero-order chi connectivity index (χ0) is 21.1. The first-order chi connectivity index (χ1) is 14.5. The molecule has 0 spiro atoms. The molecule has 0 saturated carbocycles. The van der Waals surface area contributed by atoms with Gasteiger partial charge in [0.15, 0.2) is 0 Å². The number of methoxy groups -OCH3 is 1. The van der Waals surface area contributed by atoms with Crippen LogP contribution in [0.2, 0.25) is 0 Å². The van der Waals surface area contributed by atoms with Crippen molar-refractivity contribution < 1.29 is 13.9 Å². The van der Waals surface area contributed by atoms with Crippen LogP contribution in [0, 0.1) is 0 Å². The summed E-state index contributed by atoms with van der Waals surface area (Å²) in [5.74, 6) is 2.11. The Hall–Kier alpha value is -2.35. The van der Waals surface area contributed by atoms with Gasteiger partial charge < -0.3 is 9.15 Å². The maximum atomic E-state index is 12.8. The van der Waals surface area contributed by atoms with E-state index in [1.807, 2.05) is 60.7 Å². The number of thiocarbonyl (C=S) groups is 1. The minimum atomic E-state index is -0.0832. The number of hydrogen-bond acceptors (Lipinski definition) is 5. The predicted molar refractivity (Wildman–Crippen MR) is 128 cm³/mol. The largest absolute Gasteiger partial charge is 0.497 e. The van der Waals surface area contributed by atoms with Crippen LogP contribution in [0.3, 0.4) is 0 Å². The fourth-order valence-corrected chi connectivity index (χ4v) is 4.61. The van der Waals surface area contributed by atoms with Gasteiger partial charge in [-0.25, -0.2) is 0 Å². The Kier molecular flexibility index (Phi) is 6.41. The van der Waals surface area contributed by atoms with E-state index in [-0.39, 0.29) is 5.91 Å². The molecule has 3 aromatic rings. The Morgan fingerprint density at radius 3 is 2.53 bits per heavy atom. The zero-order valence-electron chi connectivity index (χ0n) is 16.1. The SMILES string of the molecule is COc1ccc(CCN2C(=O)C(=Cc3ccc(-c4ccc(Br)cc4)o3)SC2=S)cc1. The second-order valence-electron chi connectivity index (χ2n) is 6.64. The molecule has 152 valence electrons. The number of rotatable bonds is 6. The number of carbonyl (C=O) groups is 1. The Balaban J connectivity index is 1.44. The lowest BCUT2D eigenvalue weighted by Gasteiger charge is -2.14. The maximum absolute atomic E-state index is 12.8. The van der Waals surface area contributed by atoms with Gasteiger partial charge in [-0.2, -0.15) is 0 Å². The highest BCUT2D eigenvalue weighted by molar-refractivity contribution is 9.10. The molecule has 30 heavy (non-hydrogen) atoms. The minimum Gasteiger partial charge on any atom is -0.497 e. The van der Waals surface area contributed by atoms with Crippen LogP contribution in [0.25, 0.3) is 17.4 Å². The third-order valence-electron chi connectivity index (χ3n) is 4.69. The second-order valence-corrected chi connectivity index (χ2v) is 9.23. The summed E-state index contributed by atoms with van der Waals surface area (Å²) in [4.78, 5) is 15.1. The van der Waals surface area contributed by atoms with Crippen LogP contribution in [0.15, 0.2) is 74.5 Å². The van der Waals surface area contributed by atoms with Crippen molar-refractivity contribution in [1.82, 2.24) is 4.90 Å². The molecule has 4 nitrogen and oxygen atoms in total. The molecule has 0 radical (unpaired) electrons. The fraction of sp³-hybridized carbons (Fsp3) is 0.130. The van der Waals surface area contributed by atoms with Gasteiger partial charge in [-0.15, -0.1) is 0 Å². The van der Waals surface area contributed by atoms with E-state index in [4.69, 9.17) is 21.4 Å². The van der Waals surface area contributed by atoms with Gasteiger partial charge in [0.2, 0.25) is 0 Å². The second kappa shape index (κ2) is 9.20. The van der Waals surface area contributed by atoms with Crippen LogP contribution >= 0.6 is 39.9 Å². The summed E-state index contributed by atoms with van der Waals surface area (Å²) in [5, 5.41) is 0. The number of amides is 1. The van der Waals surface area contributed by atoms with Crippen molar-refractivity contribution in [3.63, 3.8) is 0 Å². The molecule has 2 aromatic carbocycles. The van der Waals surface area contributed by atoms with Crippen LogP contribution in [0.4, 0.5) is 0 Å². The lowest BCUT2D eigenvalue weighted by Crippen LogP contribution is -2.30. The van der Waals surface area contributed by atoms with Crippen LogP contribution in [0.5, 0.6) is 5.75 Å². The Labute approximate surface area is 193 Å². The highest BCUT2D eigenvalue weighted by Crippen LogP contribution is 2.34. The topological polar surface area (TPSA) is 42.7 Å². The number of furan rings is 1. The molecule has 1 amide bonds. The van der Waals surface area contributed by atoms with Crippen molar-refractivity contribution in [3.8, 4) is 17.1 Å². The molecule has 0 unspecified atom stereocenters. The van der Waals surface area contributed by atoms with E-state index >= 15 is 0 Å². The van der Waals surface area contributed by atoms with Gasteiger partial charge in [0.05, 0.1) is 12.0 Å². The standard InChI is InChI=1S/C23H18BrNO3S2/c1-27-18-8-2-15(3-9-18)12-13-25-22(26)21(30-23(25)29)14-19-10-11-20(28-19)16-4-6-17(24)7-5-16/h2-11,14H,12-13H2,1H3. The summed E-state index contributed by atoms with van der Waals surface area (Å²) >= 11 is 10.2. The quantitative estimate of drug-likeness (QED) is 0.300. The van der Waals surface area contributed by atoms with Gasteiger partial charge in [-0.3, -0.25) is 9.69 Å². The molecule has 2 heterocycles. The lowest BCUT2D eigenvalue weighted by molar-refractivity contribution is -0.122. The van der Waals surface area contributed by atoms with Gasteiger partial charge in [0.25, 0.3) is 5.91 Å². The van der Waals surface area contributed by atoms with Crippen molar-refractivity contribution in [1.29, 1.82) is 0 Å². The first-order valence-corrected chi connectivity index (χ1v) is 11.3. The number of thioether (sulfide) groups is 1. The lowest BCUT2D eigenvalue weighted by atomic mass is 10.1. The van der Waals surface area contributed by atoms with E-state index in [9.17, 15) is 4.79 Å².